The molecular weight excluding hydrogens is 130 g/mol. The number of hydrogen-bond donors (Lipinski definition) is 0. The molecule has 0 aliphatic carbocycles. The Morgan fingerprint density at radius 2 is 1.90 bits per heavy atom. The van der Waals surface area contributed by atoms with Crippen molar-refractivity contribution in [2.75, 3.05) is 26.4 Å². The molecule has 1 heterocycles. The molecule has 0 aromatic carbocycles. The molecule has 3 heteroatoms. The summed E-state index contributed by atoms with van der Waals surface area (Å²) < 4.78 is 10.4. The normalized spacial score (nSPS) is 21.5. The molecule has 1 aliphatic heterocycles. The predicted octanol–water partition coefficient (Wildman–Crippen LogP) is 0.563. The van der Waals surface area contributed by atoms with Crippen molar-refractivity contribution in [1.82, 2.24) is 0 Å². The van der Waals surface area contributed by atoms with Crippen LogP contribution in [0.25, 0.3) is 0 Å². The first kappa shape index (κ1) is 7.52. The summed E-state index contributed by atoms with van der Waals surface area (Å²) in [6.07, 6.45) is 0.542. The monoisotopic (exact) mass is 141 g/mol. The molecule has 1 rings (SSSR count). The fraction of sp³-hybridized carbons (Fsp3) is 0.857. The minimum atomic E-state index is 0.285. The maximum Gasteiger partial charge on any atom is 0.0700 e. The van der Waals surface area contributed by atoms with Gasteiger partial charge in [-0.1, -0.05) is 0 Å². The molecule has 1 aliphatic rings. The molecule has 3 nitrogen and oxygen atoms in total. The van der Waals surface area contributed by atoms with Crippen molar-refractivity contribution in [3.63, 3.8) is 0 Å². The summed E-state index contributed by atoms with van der Waals surface area (Å²) in [5.41, 5.74) is 0. The molecule has 56 valence electrons. The van der Waals surface area contributed by atoms with Gasteiger partial charge in [0, 0.05) is 12.3 Å². The van der Waals surface area contributed by atoms with Gasteiger partial charge in [0.05, 0.1) is 32.5 Å². The van der Waals surface area contributed by atoms with E-state index in [-0.39, 0.29) is 5.92 Å². The number of nitriles is 1. The number of hydrogen-bond acceptors (Lipinski definition) is 3. The van der Waals surface area contributed by atoms with Crippen molar-refractivity contribution in [3.8, 4) is 6.07 Å². The van der Waals surface area contributed by atoms with E-state index in [9.17, 15) is 0 Å². The van der Waals surface area contributed by atoms with Gasteiger partial charge in [-0.3, -0.25) is 0 Å². The highest BCUT2D eigenvalue weighted by atomic mass is 16.5. The molecule has 0 N–H and O–H groups in total. The van der Waals surface area contributed by atoms with Gasteiger partial charge in [0.15, 0.2) is 0 Å². The molecule has 0 atom stereocenters. The maximum atomic E-state index is 8.35. The molecule has 10 heavy (non-hydrogen) atoms. The van der Waals surface area contributed by atoms with E-state index in [4.69, 9.17) is 14.7 Å². The van der Waals surface area contributed by atoms with Crippen molar-refractivity contribution in [2.24, 2.45) is 5.92 Å². The predicted molar refractivity (Wildman–Crippen MR) is 35.4 cm³/mol. The molecule has 0 bridgehead atoms. The second-order valence-corrected chi connectivity index (χ2v) is 2.38. The van der Waals surface area contributed by atoms with Gasteiger partial charge in [-0.15, -0.1) is 0 Å². The van der Waals surface area contributed by atoms with E-state index in [0.717, 1.165) is 0 Å². The number of nitrogens with zero attached hydrogens (tertiary/aromatic N) is 1. The lowest BCUT2D eigenvalue weighted by molar-refractivity contribution is 0.103. The van der Waals surface area contributed by atoms with E-state index >= 15 is 0 Å². The first-order valence-electron chi connectivity index (χ1n) is 3.46. The van der Waals surface area contributed by atoms with Crippen LogP contribution in [-0.4, -0.2) is 26.4 Å². The second-order valence-electron chi connectivity index (χ2n) is 2.38. The Morgan fingerprint density at radius 3 is 2.40 bits per heavy atom. The van der Waals surface area contributed by atoms with Gasteiger partial charge in [0.25, 0.3) is 0 Å². The van der Waals surface area contributed by atoms with Crippen LogP contribution in [0.5, 0.6) is 0 Å². The van der Waals surface area contributed by atoms with Crippen LogP contribution < -0.4 is 0 Å². The largest absolute Gasteiger partial charge is 0.379 e. The Hall–Kier alpha value is -0.590. The van der Waals surface area contributed by atoms with Crippen LogP contribution in [-0.2, 0) is 9.47 Å². The van der Waals surface area contributed by atoms with Crippen molar-refractivity contribution in [3.05, 3.63) is 0 Å². The highest BCUT2D eigenvalue weighted by Gasteiger charge is 2.11. The van der Waals surface area contributed by atoms with Gasteiger partial charge < -0.3 is 9.47 Å². The SMILES string of the molecule is N#CCC1COCCOC1. The van der Waals surface area contributed by atoms with Crippen molar-refractivity contribution < 1.29 is 9.47 Å². The summed E-state index contributed by atoms with van der Waals surface area (Å²) in [5.74, 6) is 0.285. The first-order valence-corrected chi connectivity index (χ1v) is 3.46. The Bertz CT molecular complexity index is 122. The highest BCUT2D eigenvalue weighted by Crippen LogP contribution is 2.06. The summed E-state index contributed by atoms with van der Waals surface area (Å²) in [5, 5.41) is 8.35. The topological polar surface area (TPSA) is 42.2 Å². The zero-order valence-corrected chi connectivity index (χ0v) is 5.88. The van der Waals surface area contributed by atoms with Gasteiger partial charge >= 0.3 is 0 Å². The summed E-state index contributed by atoms with van der Waals surface area (Å²) >= 11 is 0. The highest BCUT2D eigenvalue weighted by molar-refractivity contribution is 4.76. The zero-order valence-electron chi connectivity index (χ0n) is 5.88. The molecule has 1 fully saturated rings. The average Bonchev–Trinajstić information content (AvgIpc) is 2.17. The average molecular weight is 141 g/mol. The standard InChI is InChI=1S/C7H11NO2/c8-2-1-7-5-9-3-4-10-6-7/h7H,1,3-6H2. The van der Waals surface area contributed by atoms with Crippen molar-refractivity contribution >= 4 is 0 Å². The molecule has 0 aromatic rings. The quantitative estimate of drug-likeness (QED) is 0.536. The van der Waals surface area contributed by atoms with E-state index in [1.807, 2.05) is 0 Å². The van der Waals surface area contributed by atoms with Crippen LogP contribution in [0.3, 0.4) is 0 Å². The fourth-order valence-corrected chi connectivity index (χ4v) is 0.913. The van der Waals surface area contributed by atoms with Crippen LogP contribution >= 0.6 is 0 Å². The number of ether oxygens (including phenoxy) is 2. The summed E-state index contributed by atoms with van der Waals surface area (Å²) in [4.78, 5) is 0. The van der Waals surface area contributed by atoms with E-state index < -0.39 is 0 Å². The summed E-state index contributed by atoms with van der Waals surface area (Å²) in [6, 6.07) is 2.11. The molecule has 0 aromatic heterocycles. The van der Waals surface area contributed by atoms with Crippen molar-refractivity contribution in [2.45, 2.75) is 6.42 Å². The lowest BCUT2D eigenvalue weighted by Crippen LogP contribution is -2.10. The summed E-state index contributed by atoms with van der Waals surface area (Å²) in [6.45, 7) is 2.69. The molecule has 0 amide bonds. The van der Waals surface area contributed by atoms with Crippen molar-refractivity contribution in [1.29, 1.82) is 5.26 Å². The Morgan fingerprint density at radius 1 is 1.30 bits per heavy atom. The maximum absolute atomic E-state index is 8.35. The zero-order chi connectivity index (χ0) is 7.23. The number of rotatable bonds is 1. The minimum absolute atomic E-state index is 0.285. The molecule has 0 radical (unpaired) electrons. The fourth-order valence-electron chi connectivity index (χ4n) is 0.913. The molecule has 1 saturated heterocycles. The first-order chi connectivity index (χ1) is 4.93. The second kappa shape index (κ2) is 4.26. The summed E-state index contributed by atoms with van der Waals surface area (Å²) in [7, 11) is 0. The van der Waals surface area contributed by atoms with Crippen LogP contribution in [0.15, 0.2) is 0 Å². The minimum Gasteiger partial charge on any atom is -0.379 e. The van der Waals surface area contributed by atoms with E-state index in [2.05, 4.69) is 6.07 Å². The van der Waals surface area contributed by atoms with E-state index in [1.54, 1.807) is 0 Å². The third-order valence-electron chi connectivity index (χ3n) is 1.46. The van der Waals surface area contributed by atoms with Gasteiger partial charge in [-0.2, -0.15) is 5.26 Å². The lowest BCUT2D eigenvalue weighted by Gasteiger charge is -2.06. The molecule has 0 spiro atoms. The third kappa shape index (κ3) is 2.34. The van der Waals surface area contributed by atoms with Gasteiger partial charge in [-0.25, -0.2) is 0 Å². The van der Waals surface area contributed by atoms with E-state index in [0.29, 0.717) is 32.8 Å². The Balaban J connectivity index is 2.23. The third-order valence-corrected chi connectivity index (χ3v) is 1.46. The smallest absolute Gasteiger partial charge is 0.0700 e. The Labute approximate surface area is 60.5 Å². The van der Waals surface area contributed by atoms with E-state index in [1.165, 1.54) is 0 Å². The van der Waals surface area contributed by atoms with Crippen LogP contribution in [0.4, 0.5) is 0 Å². The van der Waals surface area contributed by atoms with Crippen LogP contribution in [0, 0.1) is 17.2 Å². The van der Waals surface area contributed by atoms with Gasteiger partial charge in [0.1, 0.15) is 0 Å². The van der Waals surface area contributed by atoms with Crippen LogP contribution in [0.1, 0.15) is 6.42 Å². The van der Waals surface area contributed by atoms with Gasteiger partial charge in [-0.05, 0) is 0 Å². The van der Waals surface area contributed by atoms with Crippen LogP contribution in [0.2, 0.25) is 0 Å². The molecule has 0 unspecified atom stereocenters. The molecule has 0 saturated carbocycles. The molecular formula is C7H11NO2. The lowest BCUT2D eigenvalue weighted by atomic mass is 10.1. The Kier molecular flexibility index (Phi) is 3.20. The van der Waals surface area contributed by atoms with Gasteiger partial charge in [0.2, 0.25) is 0 Å².